The lowest BCUT2D eigenvalue weighted by Gasteiger charge is -2.38. The number of Topliss-reactive ketones (excluding diaryl/α,β-unsaturated/α-hetero) is 1. The van der Waals surface area contributed by atoms with Crippen molar-refractivity contribution in [1.82, 2.24) is 14.7 Å². The zero-order chi connectivity index (χ0) is 22.1. The number of piperidine rings is 1. The van der Waals surface area contributed by atoms with Crippen molar-refractivity contribution in [3.8, 4) is 0 Å². The number of nitrogens with zero attached hydrogens (tertiary/aromatic N) is 3. The zero-order valence-electron chi connectivity index (χ0n) is 17.4. The van der Waals surface area contributed by atoms with E-state index in [0.29, 0.717) is 25.2 Å². The minimum Gasteiger partial charge on any atom is -0.478 e. The summed E-state index contributed by atoms with van der Waals surface area (Å²) in [5.41, 5.74) is 2.68. The van der Waals surface area contributed by atoms with Crippen LogP contribution >= 0.6 is 12.6 Å². The van der Waals surface area contributed by atoms with Crippen LogP contribution < -0.4 is 0 Å². The Morgan fingerprint density at radius 1 is 1.29 bits per heavy atom. The molecule has 4 rings (SSSR count). The fraction of sp³-hybridized carbons (Fsp3) is 0.435. The molecule has 8 heteroatoms. The molecule has 1 N–H and O–H groups in total. The first kappa shape index (κ1) is 21.8. The van der Waals surface area contributed by atoms with Crippen LogP contribution in [0.3, 0.4) is 0 Å². The van der Waals surface area contributed by atoms with E-state index in [0.717, 1.165) is 30.4 Å². The monoisotopic (exact) mass is 443 g/mol. The number of benzene rings is 1. The van der Waals surface area contributed by atoms with Crippen molar-refractivity contribution in [1.29, 1.82) is 0 Å². The lowest BCUT2D eigenvalue weighted by atomic mass is 9.92. The maximum atomic E-state index is 14.7. The number of rotatable bonds is 7. The van der Waals surface area contributed by atoms with Crippen molar-refractivity contribution in [3.63, 3.8) is 0 Å². The molecule has 0 spiro atoms. The Morgan fingerprint density at radius 2 is 2.03 bits per heavy atom. The third-order valence-electron chi connectivity index (χ3n) is 6.11. The second-order valence-electron chi connectivity index (χ2n) is 8.41. The smallest absolute Gasteiger partial charge is 0.338 e. The Bertz CT molecular complexity index is 1030. The number of halogens is 1. The number of allylic oxidation sites excluding steroid dienone is 1. The summed E-state index contributed by atoms with van der Waals surface area (Å²) in [6, 6.07) is 5.94. The van der Waals surface area contributed by atoms with Gasteiger partial charge in [0, 0.05) is 36.0 Å². The number of aromatic carboxylic acids is 1. The zero-order valence-corrected chi connectivity index (χ0v) is 18.3. The topological polar surface area (TPSA) is 75.4 Å². The number of carbonyl (C=O) groups excluding carboxylic acids is 1. The average molecular weight is 444 g/mol. The Hall–Kier alpha value is -2.45. The summed E-state index contributed by atoms with van der Waals surface area (Å²) in [7, 11) is 0. The number of thiol groups is 1. The molecule has 2 atom stereocenters. The average Bonchev–Trinajstić information content (AvgIpc) is 3.49. The Morgan fingerprint density at radius 3 is 2.68 bits per heavy atom. The predicted octanol–water partition coefficient (Wildman–Crippen LogP) is 3.76. The summed E-state index contributed by atoms with van der Waals surface area (Å²) in [6.07, 6.45) is 5.32. The third-order valence-corrected chi connectivity index (χ3v) is 6.68. The molecule has 0 bridgehead atoms. The molecule has 1 aliphatic heterocycles. The summed E-state index contributed by atoms with van der Waals surface area (Å²) in [5, 5.41) is 13.3. The largest absolute Gasteiger partial charge is 0.478 e. The number of ketones is 1. The van der Waals surface area contributed by atoms with Crippen molar-refractivity contribution >= 4 is 24.4 Å². The highest BCUT2D eigenvalue weighted by Crippen LogP contribution is 2.39. The number of hydrogen-bond donors (Lipinski definition) is 2. The summed E-state index contributed by atoms with van der Waals surface area (Å²) in [6.45, 7) is 3.59. The number of aromatic nitrogens is 2. The molecular weight excluding hydrogens is 417 g/mol. The molecule has 1 saturated carbocycles. The van der Waals surface area contributed by atoms with Gasteiger partial charge in [0.25, 0.3) is 0 Å². The van der Waals surface area contributed by atoms with Crippen LogP contribution in [0, 0.1) is 11.7 Å². The van der Waals surface area contributed by atoms with Gasteiger partial charge in [0.1, 0.15) is 5.82 Å². The standard InChI is InChI=1S/C23H26FN3O3S/c1-14(11-27-12-16(10-25-27)23(29)30)18-13-26(9-8-20(18)31)21(22(28)15-6-7-15)17-4-2-3-5-19(17)24/h2-5,10,12,15,20-21,31H,6-9,11,13H2,1H3,(H,29,30). The highest BCUT2D eigenvalue weighted by Gasteiger charge is 2.41. The van der Waals surface area contributed by atoms with E-state index in [1.54, 1.807) is 22.9 Å². The summed E-state index contributed by atoms with van der Waals surface area (Å²) >= 11 is 4.75. The molecule has 6 nitrogen and oxygen atoms in total. The quantitative estimate of drug-likeness (QED) is 0.503. The van der Waals surface area contributed by atoms with Gasteiger partial charge >= 0.3 is 5.97 Å². The maximum Gasteiger partial charge on any atom is 0.338 e. The Labute approximate surface area is 186 Å². The van der Waals surface area contributed by atoms with Gasteiger partial charge in [0.05, 0.1) is 24.3 Å². The molecule has 1 aromatic carbocycles. The normalized spacial score (nSPS) is 22.2. The SMILES string of the molecule is CC(Cn1cc(C(=O)O)cn1)=C1CN(C(C(=O)C2CC2)c2ccccc2F)CCC1S. The van der Waals surface area contributed by atoms with E-state index in [1.165, 1.54) is 18.5 Å². The first-order valence-electron chi connectivity index (χ1n) is 10.5. The van der Waals surface area contributed by atoms with Gasteiger partial charge in [-0.1, -0.05) is 23.8 Å². The van der Waals surface area contributed by atoms with E-state index in [2.05, 4.69) is 10.00 Å². The van der Waals surface area contributed by atoms with Gasteiger partial charge in [-0.15, -0.1) is 0 Å². The van der Waals surface area contributed by atoms with Gasteiger partial charge in [-0.05, 0) is 37.8 Å². The van der Waals surface area contributed by atoms with Gasteiger partial charge < -0.3 is 5.11 Å². The van der Waals surface area contributed by atoms with Gasteiger partial charge in [-0.3, -0.25) is 14.4 Å². The summed E-state index contributed by atoms with van der Waals surface area (Å²) in [5.74, 6) is -1.25. The number of carboxylic acids is 1. The second kappa shape index (κ2) is 8.96. The van der Waals surface area contributed by atoms with Crippen molar-refractivity contribution in [2.75, 3.05) is 13.1 Å². The van der Waals surface area contributed by atoms with E-state index in [-0.39, 0.29) is 28.3 Å². The third kappa shape index (κ3) is 4.75. The van der Waals surface area contributed by atoms with Crippen LogP contribution in [0.1, 0.15) is 48.1 Å². The van der Waals surface area contributed by atoms with E-state index >= 15 is 0 Å². The second-order valence-corrected chi connectivity index (χ2v) is 9.04. The fourth-order valence-electron chi connectivity index (χ4n) is 4.23. The molecule has 1 aromatic heterocycles. The highest BCUT2D eigenvalue weighted by atomic mass is 32.1. The van der Waals surface area contributed by atoms with Gasteiger partial charge in [-0.2, -0.15) is 17.7 Å². The summed E-state index contributed by atoms with van der Waals surface area (Å²) in [4.78, 5) is 26.3. The number of carbonyl (C=O) groups is 2. The minimum absolute atomic E-state index is 0.0189. The van der Waals surface area contributed by atoms with Crippen molar-refractivity contribution < 1.29 is 19.1 Å². The predicted molar refractivity (Wildman–Crippen MR) is 118 cm³/mol. The number of hydrogen-bond acceptors (Lipinski definition) is 5. The lowest BCUT2D eigenvalue weighted by Crippen LogP contribution is -2.43. The molecular formula is C23H26FN3O3S. The van der Waals surface area contributed by atoms with Gasteiger partial charge in [0.2, 0.25) is 0 Å². The van der Waals surface area contributed by atoms with E-state index < -0.39 is 12.0 Å². The van der Waals surface area contributed by atoms with Crippen molar-refractivity contribution in [2.45, 2.75) is 44.0 Å². The highest BCUT2D eigenvalue weighted by molar-refractivity contribution is 7.81. The van der Waals surface area contributed by atoms with E-state index in [1.807, 2.05) is 6.92 Å². The summed E-state index contributed by atoms with van der Waals surface area (Å²) < 4.78 is 16.3. The maximum absolute atomic E-state index is 14.7. The Kier molecular flexibility index (Phi) is 6.29. The molecule has 0 radical (unpaired) electrons. The molecule has 1 aliphatic carbocycles. The van der Waals surface area contributed by atoms with Crippen LogP contribution in [0.2, 0.25) is 0 Å². The van der Waals surface area contributed by atoms with Crippen molar-refractivity contribution in [2.24, 2.45) is 5.92 Å². The first-order valence-corrected chi connectivity index (χ1v) is 11.0. The van der Waals surface area contributed by atoms with E-state index in [9.17, 15) is 14.0 Å². The number of carboxylic acid groups (broad SMARTS) is 1. The molecule has 2 fully saturated rings. The minimum atomic E-state index is -1.02. The molecule has 1 saturated heterocycles. The van der Waals surface area contributed by atoms with Crippen molar-refractivity contribution in [3.05, 3.63) is 64.7 Å². The molecule has 2 aromatic rings. The lowest BCUT2D eigenvalue weighted by molar-refractivity contribution is -0.126. The molecule has 2 aliphatic rings. The molecule has 2 heterocycles. The molecule has 2 unspecified atom stereocenters. The number of likely N-dealkylation sites (tertiary alicyclic amines) is 1. The van der Waals surface area contributed by atoms with Crippen LogP contribution in [0.5, 0.6) is 0 Å². The van der Waals surface area contributed by atoms with Gasteiger partial charge in [-0.25, -0.2) is 9.18 Å². The molecule has 0 amide bonds. The van der Waals surface area contributed by atoms with E-state index in [4.69, 9.17) is 17.7 Å². The van der Waals surface area contributed by atoms with Gasteiger partial charge in [0.15, 0.2) is 5.78 Å². The van der Waals surface area contributed by atoms with Crippen LogP contribution in [0.4, 0.5) is 4.39 Å². The Balaban J connectivity index is 1.60. The van der Waals surface area contributed by atoms with Crippen LogP contribution in [0.15, 0.2) is 47.8 Å². The fourth-order valence-corrected chi connectivity index (χ4v) is 4.65. The van der Waals surface area contributed by atoms with Crippen LogP contribution in [-0.4, -0.2) is 49.9 Å². The van der Waals surface area contributed by atoms with Crippen LogP contribution in [0.25, 0.3) is 0 Å². The molecule has 164 valence electrons. The van der Waals surface area contributed by atoms with Crippen LogP contribution in [-0.2, 0) is 11.3 Å². The molecule has 31 heavy (non-hydrogen) atoms. The first-order chi connectivity index (χ1) is 14.8.